The van der Waals surface area contributed by atoms with Crippen LogP contribution in [0.2, 0.25) is 0 Å². The van der Waals surface area contributed by atoms with E-state index in [4.69, 9.17) is 18.9 Å². The minimum absolute atomic E-state index is 0.0951. The molecule has 0 spiro atoms. The van der Waals surface area contributed by atoms with E-state index < -0.39 is 17.4 Å². The molecule has 0 amide bonds. The van der Waals surface area contributed by atoms with E-state index in [2.05, 4.69) is 0 Å². The third-order valence-electron chi connectivity index (χ3n) is 4.65. The lowest BCUT2D eigenvalue weighted by Crippen LogP contribution is -2.69. The minimum atomic E-state index is -1.54. The molecule has 0 aromatic carbocycles. The number of ether oxygens (including phenoxy) is 4. The first kappa shape index (κ1) is 14.3. The molecule has 0 N–H and O–H groups in total. The molecule has 3 fully saturated rings. The average Bonchev–Trinajstić information content (AvgIpc) is 2.42. The maximum Gasteiger partial charge on any atom is 0.314 e. The van der Waals surface area contributed by atoms with E-state index in [1.807, 2.05) is 6.92 Å². The third-order valence-corrected chi connectivity index (χ3v) is 4.65. The minimum Gasteiger partial charge on any atom is -0.459 e. The summed E-state index contributed by atoms with van der Waals surface area (Å²) in [6, 6.07) is 0. The molecule has 0 aromatic rings. The molecular formula is C14H18O7. The quantitative estimate of drug-likeness (QED) is 0.543. The van der Waals surface area contributed by atoms with Crippen LogP contribution < -0.4 is 0 Å². The Morgan fingerprint density at radius 3 is 2.90 bits per heavy atom. The number of fused-ring (bicyclic) bond motifs is 1. The van der Waals surface area contributed by atoms with Crippen LogP contribution in [0, 0.1) is 11.8 Å². The normalized spacial score (nSPS) is 41.6. The molecule has 2 saturated heterocycles. The van der Waals surface area contributed by atoms with Gasteiger partial charge in [-0.05, 0) is 25.7 Å². The van der Waals surface area contributed by atoms with Gasteiger partial charge in [0.05, 0.1) is 11.5 Å². The summed E-state index contributed by atoms with van der Waals surface area (Å²) in [6.45, 7) is 2.56. The summed E-state index contributed by atoms with van der Waals surface area (Å²) in [5.41, 5.74) is -0.691. The number of hydrogen-bond acceptors (Lipinski definition) is 7. The summed E-state index contributed by atoms with van der Waals surface area (Å²) in [5, 5.41) is 0. The summed E-state index contributed by atoms with van der Waals surface area (Å²) in [7, 11) is 0. The highest BCUT2D eigenvalue weighted by Crippen LogP contribution is 2.55. The predicted octanol–water partition coefficient (Wildman–Crippen LogP) is 0.551. The summed E-state index contributed by atoms with van der Waals surface area (Å²) in [6.07, 6.45) is 1.54. The molecule has 3 rings (SSSR count). The molecule has 2 aliphatic heterocycles. The zero-order valence-electron chi connectivity index (χ0n) is 12.0. The second-order valence-corrected chi connectivity index (χ2v) is 6.08. The lowest BCUT2D eigenvalue weighted by atomic mass is 9.59. The highest BCUT2D eigenvalue weighted by atomic mass is 16.8. The van der Waals surface area contributed by atoms with Crippen LogP contribution in [0.3, 0.4) is 0 Å². The maximum atomic E-state index is 12.2. The van der Waals surface area contributed by atoms with Crippen LogP contribution in [0.5, 0.6) is 0 Å². The van der Waals surface area contributed by atoms with E-state index in [0.717, 1.165) is 0 Å². The second-order valence-electron chi connectivity index (χ2n) is 6.08. The van der Waals surface area contributed by atoms with Crippen LogP contribution >= 0.6 is 0 Å². The molecular weight excluding hydrogens is 280 g/mol. The van der Waals surface area contributed by atoms with E-state index in [-0.39, 0.29) is 43.4 Å². The van der Waals surface area contributed by atoms with Gasteiger partial charge < -0.3 is 18.9 Å². The van der Waals surface area contributed by atoms with Crippen LogP contribution in [0.25, 0.3) is 0 Å². The molecule has 3 aliphatic rings. The van der Waals surface area contributed by atoms with E-state index in [9.17, 15) is 14.4 Å². The monoisotopic (exact) mass is 298 g/mol. The van der Waals surface area contributed by atoms with Crippen LogP contribution in [-0.2, 0) is 33.3 Å². The Morgan fingerprint density at radius 2 is 2.19 bits per heavy atom. The van der Waals surface area contributed by atoms with Gasteiger partial charge in [0.25, 0.3) is 5.79 Å². The van der Waals surface area contributed by atoms with Crippen molar-refractivity contribution in [3.05, 3.63) is 0 Å². The smallest absolute Gasteiger partial charge is 0.314 e. The molecule has 0 aromatic heterocycles. The van der Waals surface area contributed by atoms with Crippen LogP contribution in [-0.4, -0.2) is 42.5 Å². The van der Waals surface area contributed by atoms with Gasteiger partial charge >= 0.3 is 17.9 Å². The van der Waals surface area contributed by atoms with E-state index >= 15 is 0 Å². The fourth-order valence-electron chi connectivity index (χ4n) is 3.37. The zero-order valence-corrected chi connectivity index (χ0v) is 12.0. The number of carbonyl (C=O) groups is 3. The Hall–Kier alpha value is -1.63. The standard InChI is InChI=1S/C14H18O7/c1-8(15)18-6-14-7-19-11(16)4-3-9-5-10(12(17)20-14)13(9,2)21-14/h9-10H,3-7H2,1-2H3/t9-,10+,13+,14-/m1/s1. The highest BCUT2D eigenvalue weighted by molar-refractivity contribution is 5.77. The molecule has 1 saturated carbocycles. The number of rotatable bonds is 2. The Labute approximate surface area is 121 Å². The Balaban J connectivity index is 1.90. The van der Waals surface area contributed by atoms with Gasteiger partial charge in [0, 0.05) is 13.3 Å². The van der Waals surface area contributed by atoms with Crippen molar-refractivity contribution >= 4 is 17.9 Å². The molecule has 2 heterocycles. The fraction of sp³-hybridized carbons (Fsp3) is 0.786. The third kappa shape index (κ3) is 2.29. The molecule has 21 heavy (non-hydrogen) atoms. The van der Waals surface area contributed by atoms with Gasteiger partial charge in [0.15, 0.2) is 13.2 Å². The van der Waals surface area contributed by atoms with Crippen molar-refractivity contribution in [3.63, 3.8) is 0 Å². The lowest BCUT2D eigenvalue weighted by molar-refractivity contribution is -0.368. The topological polar surface area (TPSA) is 88.1 Å². The van der Waals surface area contributed by atoms with Crippen LogP contribution in [0.1, 0.15) is 33.1 Å². The van der Waals surface area contributed by atoms with Crippen molar-refractivity contribution in [2.75, 3.05) is 13.2 Å². The Morgan fingerprint density at radius 1 is 1.43 bits per heavy atom. The summed E-state index contributed by atoms with van der Waals surface area (Å²) in [5.74, 6) is -3.04. The van der Waals surface area contributed by atoms with Crippen LogP contribution in [0.4, 0.5) is 0 Å². The zero-order chi connectivity index (χ0) is 15.3. The number of carbonyl (C=O) groups excluding carboxylic acids is 3. The highest BCUT2D eigenvalue weighted by Gasteiger charge is 2.65. The van der Waals surface area contributed by atoms with Gasteiger partial charge in [-0.25, -0.2) is 0 Å². The lowest BCUT2D eigenvalue weighted by Gasteiger charge is -2.58. The van der Waals surface area contributed by atoms with Crippen molar-refractivity contribution < 1.29 is 33.3 Å². The van der Waals surface area contributed by atoms with Gasteiger partial charge in [-0.2, -0.15) is 0 Å². The molecule has 0 unspecified atom stereocenters. The summed E-state index contributed by atoms with van der Waals surface area (Å²) in [4.78, 5) is 34.9. The Kier molecular flexibility index (Phi) is 3.20. The second kappa shape index (κ2) is 4.69. The molecule has 7 heteroatoms. The first-order chi connectivity index (χ1) is 9.85. The van der Waals surface area contributed by atoms with E-state index in [1.54, 1.807) is 0 Å². The first-order valence-corrected chi connectivity index (χ1v) is 7.07. The average molecular weight is 298 g/mol. The van der Waals surface area contributed by atoms with Gasteiger partial charge in [0.2, 0.25) is 0 Å². The largest absolute Gasteiger partial charge is 0.459 e. The van der Waals surface area contributed by atoms with Gasteiger partial charge in [-0.1, -0.05) is 0 Å². The van der Waals surface area contributed by atoms with Crippen molar-refractivity contribution in [1.29, 1.82) is 0 Å². The molecule has 4 atom stereocenters. The fourth-order valence-corrected chi connectivity index (χ4v) is 3.37. The molecule has 1 aliphatic carbocycles. The summed E-state index contributed by atoms with van der Waals surface area (Å²) >= 11 is 0. The van der Waals surface area contributed by atoms with Gasteiger partial charge in [0.1, 0.15) is 0 Å². The number of esters is 3. The summed E-state index contributed by atoms with van der Waals surface area (Å²) < 4.78 is 21.4. The van der Waals surface area contributed by atoms with Gasteiger partial charge in [-0.3, -0.25) is 14.4 Å². The number of cyclic esters (lactones) is 1. The predicted molar refractivity (Wildman–Crippen MR) is 66.7 cm³/mol. The molecule has 116 valence electrons. The first-order valence-electron chi connectivity index (χ1n) is 7.07. The molecule has 7 nitrogen and oxygen atoms in total. The van der Waals surface area contributed by atoms with Crippen molar-refractivity contribution in [2.45, 2.75) is 44.5 Å². The molecule has 2 bridgehead atoms. The maximum absolute atomic E-state index is 12.2. The van der Waals surface area contributed by atoms with Crippen molar-refractivity contribution in [3.8, 4) is 0 Å². The van der Waals surface area contributed by atoms with E-state index in [1.165, 1.54) is 6.92 Å². The van der Waals surface area contributed by atoms with Crippen molar-refractivity contribution in [1.82, 2.24) is 0 Å². The Bertz CT molecular complexity index is 502. The SMILES string of the molecule is CC(=O)OC[C@@]12COC(=O)CC[C@@H]3C[C@@H](C(=O)O1)[C@@]3(C)O2. The van der Waals surface area contributed by atoms with Crippen LogP contribution in [0.15, 0.2) is 0 Å². The number of hydrogen-bond donors (Lipinski definition) is 0. The molecule has 0 radical (unpaired) electrons. The van der Waals surface area contributed by atoms with Gasteiger partial charge in [-0.15, -0.1) is 0 Å². The van der Waals surface area contributed by atoms with E-state index in [0.29, 0.717) is 12.8 Å². The van der Waals surface area contributed by atoms with Crippen molar-refractivity contribution in [2.24, 2.45) is 11.8 Å².